The van der Waals surface area contributed by atoms with Crippen LogP contribution in [0.25, 0.3) is 0 Å². The molecule has 1 amide bonds. The molecule has 5 nitrogen and oxygen atoms in total. The predicted molar refractivity (Wildman–Crippen MR) is 72.8 cm³/mol. The van der Waals surface area contributed by atoms with Gasteiger partial charge in [-0.05, 0) is 51.8 Å². The van der Waals surface area contributed by atoms with Crippen LogP contribution in [0.1, 0.15) is 42.3 Å². The van der Waals surface area contributed by atoms with Crippen molar-refractivity contribution in [2.24, 2.45) is 0 Å². The minimum Gasteiger partial charge on any atom is -0.507 e. The Bertz CT molecular complexity index is 515. The van der Waals surface area contributed by atoms with Crippen molar-refractivity contribution < 1.29 is 19.4 Å². The van der Waals surface area contributed by atoms with Gasteiger partial charge in [-0.1, -0.05) is 0 Å². The maximum atomic E-state index is 11.7. The Morgan fingerprint density at radius 1 is 1.37 bits per heavy atom. The van der Waals surface area contributed by atoms with Crippen molar-refractivity contribution in [3.05, 3.63) is 22.8 Å². The number of phenolic OH excluding ortho intramolecular Hbond substituents is 1. The lowest BCUT2D eigenvalue weighted by Gasteiger charge is -2.21. The van der Waals surface area contributed by atoms with Gasteiger partial charge < -0.3 is 9.84 Å². The minimum absolute atomic E-state index is 0.0975. The van der Waals surface area contributed by atoms with E-state index in [9.17, 15) is 14.7 Å². The quantitative estimate of drug-likeness (QED) is 0.636. The molecule has 0 bridgehead atoms. The summed E-state index contributed by atoms with van der Waals surface area (Å²) >= 11 is 0. The molecule has 0 aliphatic heterocycles. The lowest BCUT2D eigenvalue weighted by atomic mass is 10.0. The molecule has 0 aliphatic rings. The van der Waals surface area contributed by atoms with E-state index < -0.39 is 11.7 Å². The van der Waals surface area contributed by atoms with Gasteiger partial charge in [0.1, 0.15) is 11.4 Å². The molecule has 0 fully saturated rings. The Morgan fingerprint density at radius 3 is 2.42 bits per heavy atom. The second-order valence-corrected chi connectivity index (χ2v) is 5.37. The van der Waals surface area contributed by atoms with E-state index in [2.05, 4.69) is 5.32 Å². The first-order valence-corrected chi connectivity index (χ1v) is 5.94. The number of hydrogen-bond acceptors (Lipinski definition) is 4. The van der Waals surface area contributed by atoms with Gasteiger partial charge >= 0.3 is 6.09 Å². The van der Waals surface area contributed by atoms with Gasteiger partial charge in [0.25, 0.3) is 0 Å². The average molecular weight is 265 g/mol. The first-order valence-electron chi connectivity index (χ1n) is 5.94. The monoisotopic (exact) mass is 265 g/mol. The highest BCUT2D eigenvalue weighted by atomic mass is 16.6. The zero-order valence-electron chi connectivity index (χ0n) is 11.8. The number of nitrogens with one attached hydrogen (secondary N) is 1. The fourth-order valence-electron chi connectivity index (χ4n) is 1.72. The van der Waals surface area contributed by atoms with Crippen LogP contribution in [0, 0.1) is 13.8 Å². The van der Waals surface area contributed by atoms with Gasteiger partial charge in [0.2, 0.25) is 0 Å². The molecule has 5 heteroatoms. The van der Waals surface area contributed by atoms with Crippen LogP contribution in [0.3, 0.4) is 0 Å². The van der Waals surface area contributed by atoms with Crippen molar-refractivity contribution >= 4 is 18.1 Å². The third-order valence-corrected chi connectivity index (χ3v) is 2.55. The van der Waals surface area contributed by atoms with Crippen molar-refractivity contribution in [2.45, 2.75) is 40.2 Å². The maximum absolute atomic E-state index is 11.7. The molecular weight excluding hydrogens is 246 g/mol. The third kappa shape index (κ3) is 3.71. The van der Waals surface area contributed by atoms with Crippen molar-refractivity contribution in [3.63, 3.8) is 0 Å². The summed E-state index contributed by atoms with van der Waals surface area (Å²) in [4.78, 5) is 22.7. The Kier molecular flexibility index (Phi) is 4.19. The zero-order valence-corrected chi connectivity index (χ0v) is 11.8. The molecule has 0 atom stereocenters. The van der Waals surface area contributed by atoms with Crippen LogP contribution in [0.2, 0.25) is 0 Å². The number of anilines is 1. The van der Waals surface area contributed by atoms with E-state index >= 15 is 0 Å². The van der Waals surface area contributed by atoms with Gasteiger partial charge in [0.15, 0.2) is 6.29 Å². The molecule has 19 heavy (non-hydrogen) atoms. The van der Waals surface area contributed by atoms with E-state index in [1.165, 1.54) is 6.07 Å². The van der Waals surface area contributed by atoms with E-state index in [1.54, 1.807) is 34.6 Å². The lowest BCUT2D eigenvalue weighted by molar-refractivity contribution is 0.0635. The largest absolute Gasteiger partial charge is 0.507 e. The van der Waals surface area contributed by atoms with E-state index in [0.29, 0.717) is 23.1 Å². The molecule has 1 aromatic carbocycles. The number of carbonyl (C=O) groups is 2. The number of aldehydes is 1. The van der Waals surface area contributed by atoms with E-state index in [1.807, 2.05) is 0 Å². The Labute approximate surface area is 112 Å². The number of carbonyl (C=O) groups excluding carboxylic acids is 2. The normalized spacial score (nSPS) is 11.0. The van der Waals surface area contributed by atoms with E-state index in [4.69, 9.17) is 4.74 Å². The minimum atomic E-state index is -0.601. The lowest BCUT2D eigenvalue weighted by Crippen LogP contribution is -2.27. The number of ether oxygens (including phenoxy) is 1. The molecule has 0 saturated carbocycles. The summed E-state index contributed by atoms with van der Waals surface area (Å²) in [5.41, 5.74) is 1.21. The van der Waals surface area contributed by atoms with Crippen LogP contribution in [-0.2, 0) is 4.74 Å². The molecule has 104 valence electrons. The second-order valence-electron chi connectivity index (χ2n) is 5.37. The van der Waals surface area contributed by atoms with Gasteiger partial charge in [-0.15, -0.1) is 0 Å². The highest BCUT2D eigenvalue weighted by molar-refractivity contribution is 5.92. The summed E-state index contributed by atoms with van der Waals surface area (Å²) < 4.78 is 5.15. The van der Waals surface area contributed by atoms with Gasteiger partial charge in [0.05, 0.1) is 11.3 Å². The predicted octanol–water partition coefficient (Wildman–Crippen LogP) is 3.17. The van der Waals surface area contributed by atoms with Crippen molar-refractivity contribution in [1.82, 2.24) is 0 Å². The number of rotatable bonds is 2. The fraction of sp³-hybridized carbons (Fsp3) is 0.429. The Hall–Kier alpha value is -2.04. The van der Waals surface area contributed by atoms with Crippen LogP contribution in [0.5, 0.6) is 5.75 Å². The summed E-state index contributed by atoms with van der Waals surface area (Å²) in [7, 11) is 0. The summed E-state index contributed by atoms with van der Waals surface area (Å²) in [5, 5.41) is 12.2. The molecule has 0 saturated heterocycles. The molecule has 0 spiro atoms. The SMILES string of the molecule is Cc1cc(O)c(C=O)c(C)c1NC(=O)OC(C)(C)C. The summed E-state index contributed by atoms with van der Waals surface area (Å²) in [5.74, 6) is -0.0975. The van der Waals surface area contributed by atoms with E-state index in [0.717, 1.165) is 0 Å². The smallest absolute Gasteiger partial charge is 0.412 e. The zero-order chi connectivity index (χ0) is 14.8. The average Bonchev–Trinajstić information content (AvgIpc) is 2.22. The highest BCUT2D eigenvalue weighted by Gasteiger charge is 2.19. The van der Waals surface area contributed by atoms with Gasteiger partial charge in [-0.3, -0.25) is 10.1 Å². The number of aromatic hydroxyl groups is 1. The number of hydrogen-bond donors (Lipinski definition) is 2. The maximum Gasteiger partial charge on any atom is 0.412 e. The highest BCUT2D eigenvalue weighted by Crippen LogP contribution is 2.30. The topological polar surface area (TPSA) is 75.6 Å². The molecule has 0 unspecified atom stereocenters. The van der Waals surface area contributed by atoms with Crippen molar-refractivity contribution in [2.75, 3.05) is 5.32 Å². The third-order valence-electron chi connectivity index (χ3n) is 2.55. The molecule has 2 N–H and O–H groups in total. The van der Waals surface area contributed by atoms with Gasteiger partial charge in [-0.25, -0.2) is 4.79 Å². The summed E-state index contributed by atoms with van der Waals surface area (Å²) in [6, 6.07) is 1.43. The van der Waals surface area contributed by atoms with Crippen LogP contribution in [-0.4, -0.2) is 23.1 Å². The summed E-state index contributed by atoms with van der Waals surface area (Å²) in [6.07, 6.45) is -0.0362. The molecule has 1 rings (SSSR count). The Balaban J connectivity index is 3.08. The van der Waals surface area contributed by atoms with Crippen LogP contribution < -0.4 is 5.32 Å². The van der Waals surface area contributed by atoms with Crippen LogP contribution >= 0.6 is 0 Å². The number of benzene rings is 1. The second kappa shape index (κ2) is 5.30. The molecular formula is C14H19NO4. The van der Waals surface area contributed by atoms with Crippen LogP contribution in [0.15, 0.2) is 6.07 Å². The molecule has 1 aromatic rings. The fourth-order valence-corrected chi connectivity index (χ4v) is 1.72. The molecule has 0 heterocycles. The van der Waals surface area contributed by atoms with E-state index in [-0.39, 0.29) is 11.3 Å². The number of aryl methyl sites for hydroxylation is 1. The van der Waals surface area contributed by atoms with Crippen molar-refractivity contribution in [1.29, 1.82) is 0 Å². The summed E-state index contributed by atoms with van der Waals surface area (Å²) in [6.45, 7) is 8.68. The number of phenols is 1. The standard InChI is InChI=1S/C14H19NO4/c1-8-6-11(17)10(7-16)9(2)12(8)15-13(18)19-14(3,4)5/h6-7,17H,1-5H3,(H,15,18). The van der Waals surface area contributed by atoms with Crippen molar-refractivity contribution in [3.8, 4) is 5.75 Å². The number of amides is 1. The first kappa shape index (κ1) is 15.0. The Morgan fingerprint density at radius 2 is 1.95 bits per heavy atom. The molecule has 0 aromatic heterocycles. The first-order chi connectivity index (χ1) is 8.65. The van der Waals surface area contributed by atoms with Crippen LogP contribution in [0.4, 0.5) is 10.5 Å². The van der Waals surface area contributed by atoms with Gasteiger partial charge in [0, 0.05) is 0 Å². The molecule has 0 radical (unpaired) electrons. The molecule has 0 aliphatic carbocycles. The van der Waals surface area contributed by atoms with Gasteiger partial charge in [-0.2, -0.15) is 0 Å².